The monoisotopic (exact) mass is 342 g/mol. The van der Waals surface area contributed by atoms with Crippen molar-refractivity contribution < 1.29 is 19.7 Å². The topological polar surface area (TPSA) is 105 Å². The summed E-state index contributed by atoms with van der Waals surface area (Å²) in [5, 5.41) is 21.5. The fraction of sp³-hybridized carbons (Fsp3) is 0.211. The predicted molar refractivity (Wildman–Crippen MR) is 97.2 cm³/mol. The third-order valence-corrected chi connectivity index (χ3v) is 3.47. The zero-order chi connectivity index (χ0) is 18.1. The molecule has 0 aliphatic carbocycles. The molecule has 2 aromatic carbocycles. The van der Waals surface area contributed by atoms with Gasteiger partial charge in [0.1, 0.15) is 12.4 Å². The second kappa shape index (κ2) is 9.46. The first-order valence-electron chi connectivity index (χ1n) is 7.94. The molecule has 6 heteroatoms. The van der Waals surface area contributed by atoms with Crippen LogP contribution in [0.3, 0.4) is 0 Å². The van der Waals surface area contributed by atoms with E-state index in [0.717, 1.165) is 0 Å². The van der Waals surface area contributed by atoms with Gasteiger partial charge in [-0.1, -0.05) is 30.3 Å². The van der Waals surface area contributed by atoms with Crippen LogP contribution in [-0.2, 0) is 4.79 Å². The Morgan fingerprint density at radius 2 is 1.92 bits per heavy atom. The Bertz CT molecular complexity index is 714. The zero-order valence-corrected chi connectivity index (χ0v) is 13.8. The van der Waals surface area contributed by atoms with E-state index in [2.05, 4.69) is 5.32 Å². The Balaban J connectivity index is 1.84. The number of carbonyl (C=O) groups is 1. The van der Waals surface area contributed by atoms with Crippen LogP contribution in [0.2, 0.25) is 0 Å². The van der Waals surface area contributed by atoms with Crippen LogP contribution >= 0.6 is 0 Å². The van der Waals surface area contributed by atoms with Gasteiger partial charge < -0.3 is 26.0 Å². The highest BCUT2D eigenvalue weighted by Gasteiger charge is 2.06. The molecule has 5 N–H and O–H groups in total. The first-order valence-corrected chi connectivity index (χ1v) is 7.94. The molecule has 132 valence electrons. The Labute approximate surface area is 146 Å². The molecule has 6 nitrogen and oxygen atoms in total. The van der Waals surface area contributed by atoms with Gasteiger partial charge in [0.05, 0.1) is 24.1 Å². The van der Waals surface area contributed by atoms with Gasteiger partial charge in [-0.2, -0.15) is 0 Å². The van der Waals surface area contributed by atoms with Crippen LogP contribution in [0.25, 0.3) is 0 Å². The van der Waals surface area contributed by atoms with Crippen LogP contribution < -0.4 is 15.8 Å². The number of rotatable bonds is 8. The fourth-order valence-corrected chi connectivity index (χ4v) is 2.17. The van der Waals surface area contributed by atoms with Crippen LogP contribution in [0.4, 0.5) is 11.4 Å². The normalized spacial score (nSPS) is 12.1. The quantitative estimate of drug-likeness (QED) is 0.435. The Kier molecular flexibility index (Phi) is 7.00. The van der Waals surface area contributed by atoms with E-state index >= 15 is 0 Å². The van der Waals surface area contributed by atoms with Gasteiger partial charge in [-0.3, -0.25) is 4.79 Å². The van der Waals surface area contributed by atoms with Gasteiger partial charge in [0.25, 0.3) is 0 Å². The molecule has 1 amide bonds. The summed E-state index contributed by atoms with van der Waals surface area (Å²) in [4.78, 5) is 11.9. The minimum Gasteiger partial charge on any atom is -0.491 e. The average molecular weight is 342 g/mol. The maximum atomic E-state index is 11.9. The molecular weight excluding hydrogens is 320 g/mol. The number of benzene rings is 2. The molecule has 0 fully saturated rings. The molecule has 1 atom stereocenters. The molecule has 2 rings (SSSR count). The molecule has 0 aliphatic rings. The number of hydrogen-bond acceptors (Lipinski definition) is 5. The summed E-state index contributed by atoms with van der Waals surface area (Å²) in [6.07, 6.45) is 2.55. The van der Waals surface area contributed by atoms with Gasteiger partial charge in [0.15, 0.2) is 0 Å². The van der Waals surface area contributed by atoms with Crippen molar-refractivity contribution in [3.8, 4) is 5.75 Å². The summed E-state index contributed by atoms with van der Waals surface area (Å²) < 4.78 is 5.26. The lowest BCUT2D eigenvalue weighted by atomic mass is 10.1. The van der Waals surface area contributed by atoms with Gasteiger partial charge in [-0.15, -0.1) is 0 Å². The highest BCUT2D eigenvalue weighted by Crippen LogP contribution is 2.21. The number of amides is 1. The average Bonchev–Trinajstić information content (AvgIpc) is 2.62. The van der Waals surface area contributed by atoms with Crippen molar-refractivity contribution in [2.75, 3.05) is 24.3 Å². The standard InChI is InChI=1S/C19H22N2O4/c20-16-4-1-2-5-17(16)21-19(24)7-3-6-18(23)14-8-10-15(11-9-14)25-13-12-22/h1-5,7-11,18,22-23H,6,12-13,20H2,(H,21,24)/b7-3+/t18-/m1/s1. The van der Waals surface area contributed by atoms with Crippen molar-refractivity contribution in [3.63, 3.8) is 0 Å². The number of para-hydroxylation sites is 2. The third kappa shape index (κ3) is 5.95. The van der Waals surface area contributed by atoms with Crippen LogP contribution in [0.5, 0.6) is 5.75 Å². The lowest BCUT2D eigenvalue weighted by molar-refractivity contribution is -0.111. The van der Waals surface area contributed by atoms with E-state index in [4.69, 9.17) is 15.6 Å². The molecule has 0 aliphatic heterocycles. The van der Waals surface area contributed by atoms with Crippen molar-refractivity contribution in [3.05, 3.63) is 66.2 Å². The van der Waals surface area contributed by atoms with Crippen molar-refractivity contribution in [2.45, 2.75) is 12.5 Å². The molecule has 0 saturated carbocycles. The van der Waals surface area contributed by atoms with E-state index in [9.17, 15) is 9.90 Å². The lowest BCUT2D eigenvalue weighted by Crippen LogP contribution is -2.09. The summed E-state index contributed by atoms with van der Waals surface area (Å²) in [5.74, 6) is 0.318. The largest absolute Gasteiger partial charge is 0.491 e. The Hall–Kier alpha value is -2.83. The molecule has 0 saturated heterocycles. The molecule has 0 spiro atoms. The van der Waals surface area contributed by atoms with Crippen molar-refractivity contribution in [1.29, 1.82) is 0 Å². The molecule has 0 bridgehead atoms. The Morgan fingerprint density at radius 1 is 1.20 bits per heavy atom. The molecule has 0 heterocycles. The molecule has 2 aromatic rings. The number of nitrogens with two attached hydrogens (primary N) is 1. The van der Waals surface area contributed by atoms with E-state index in [-0.39, 0.29) is 19.1 Å². The number of nitrogens with one attached hydrogen (secondary N) is 1. The van der Waals surface area contributed by atoms with E-state index in [1.54, 1.807) is 54.6 Å². The fourth-order valence-electron chi connectivity index (χ4n) is 2.17. The summed E-state index contributed by atoms with van der Waals surface area (Å²) >= 11 is 0. The number of carbonyl (C=O) groups excluding carboxylic acids is 1. The van der Waals surface area contributed by atoms with Crippen molar-refractivity contribution in [1.82, 2.24) is 0 Å². The van der Waals surface area contributed by atoms with Crippen molar-refractivity contribution >= 4 is 17.3 Å². The second-order valence-electron chi connectivity index (χ2n) is 5.37. The lowest BCUT2D eigenvalue weighted by Gasteiger charge is -2.10. The minimum atomic E-state index is -0.724. The maximum absolute atomic E-state index is 11.9. The summed E-state index contributed by atoms with van der Waals surface area (Å²) in [7, 11) is 0. The van der Waals surface area contributed by atoms with Crippen LogP contribution in [0, 0.1) is 0 Å². The molecule has 0 aromatic heterocycles. The van der Waals surface area contributed by atoms with Gasteiger partial charge >= 0.3 is 0 Å². The van der Waals surface area contributed by atoms with Gasteiger partial charge in [0.2, 0.25) is 5.91 Å². The SMILES string of the molecule is Nc1ccccc1NC(=O)/C=C/C[C@@H](O)c1ccc(OCCO)cc1. The van der Waals surface area contributed by atoms with Crippen LogP contribution in [-0.4, -0.2) is 29.3 Å². The van der Waals surface area contributed by atoms with Crippen molar-refractivity contribution in [2.24, 2.45) is 0 Å². The van der Waals surface area contributed by atoms with Gasteiger partial charge in [0, 0.05) is 0 Å². The minimum absolute atomic E-state index is 0.0497. The number of anilines is 2. The molecule has 0 unspecified atom stereocenters. The number of aliphatic hydroxyl groups excluding tert-OH is 2. The summed E-state index contributed by atoms with van der Waals surface area (Å²) in [5.41, 5.74) is 7.52. The second-order valence-corrected chi connectivity index (χ2v) is 5.37. The molecule has 25 heavy (non-hydrogen) atoms. The predicted octanol–water partition coefficient (Wildman–Crippen LogP) is 2.26. The Morgan fingerprint density at radius 3 is 2.60 bits per heavy atom. The zero-order valence-electron chi connectivity index (χ0n) is 13.8. The molecular formula is C19H22N2O4. The van der Waals surface area contributed by atoms with E-state index in [0.29, 0.717) is 29.1 Å². The van der Waals surface area contributed by atoms with Gasteiger partial charge in [-0.25, -0.2) is 0 Å². The van der Waals surface area contributed by atoms with E-state index in [1.165, 1.54) is 6.08 Å². The highest BCUT2D eigenvalue weighted by atomic mass is 16.5. The van der Waals surface area contributed by atoms with Crippen LogP contribution in [0.1, 0.15) is 18.1 Å². The number of aliphatic hydroxyl groups is 2. The van der Waals surface area contributed by atoms with Crippen LogP contribution in [0.15, 0.2) is 60.7 Å². The number of hydrogen-bond donors (Lipinski definition) is 4. The highest BCUT2D eigenvalue weighted by molar-refractivity contribution is 6.01. The van der Waals surface area contributed by atoms with E-state index < -0.39 is 6.10 Å². The van der Waals surface area contributed by atoms with E-state index in [1.807, 2.05) is 0 Å². The summed E-state index contributed by atoms with van der Waals surface area (Å²) in [6, 6.07) is 13.9. The summed E-state index contributed by atoms with van der Waals surface area (Å²) in [6.45, 7) is 0.178. The smallest absolute Gasteiger partial charge is 0.248 e. The first-order chi connectivity index (χ1) is 12.1. The number of nitrogen functional groups attached to an aromatic ring is 1. The first kappa shape index (κ1) is 18.5. The molecule has 0 radical (unpaired) electrons. The van der Waals surface area contributed by atoms with Gasteiger partial charge in [-0.05, 0) is 42.3 Å². The maximum Gasteiger partial charge on any atom is 0.248 e. The number of ether oxygens (including phenoxy) is 1. The third-order valence-electron chi connectivity index (χ3n) is 3.47.